The van der Waals surface area contributed by atoms with Crippen LogP contribution in [0.15, 0.2) is 53.6 Å². The van der Waals surface area contributed by atoms with Crippen molar-refractivity contribution in [3.8, 4) is 11.3 Å². The quantitative estimate of drug-likeness (QED) is 0.660. The summed E-state index contributed by atoms with van der Waals surface area (Å²) >= 11 is 0. The zero-order chi connectivity index (χ0) is 20.1. The van der Waals surface area contributed by atoms with Crippen molar-refractivity contribution in [2.24, 2.45) is 0 Å². The van der Waals surface area contributed by atoms with Gasteiger partial charge in [-0.25, -0.2) is 9.48 Å². The lowest BCUT2D eigenvalue weighted by Crippen LogP contribution is -2.29. The molecule has 7 nitrogen and oxygen atoms in total. The molecular weight excluding hydrogens is 356 g/mol. The van der Waals surface area contributed by atoms with Gasteiger partial charge in [-0.15, -0.1) is 0 Å². The van der Waals surface area contributed by atoms with Gasteiger partial charge in [-0.05, 0) is 32.4 Å². The van der Waals surface area contributed by atoms with Gasteiger partial charge in [-0.1, -0.05) is 30.3 Å². The van der Waals surface area contributed by atoms with E-state index in [0.29, 0.717) is 17.9 Å². The SMILES string of the molecule is CCOC(=O)c1c(-c2ccccc2)nn(CC)c(=O)c1Nc1cnccc1C. The van der Waals surface area contributed by atoms with Gasteiger partial charge in [0.15, 0.2) is 0 Å². The molecule has 7 heteroatoms. The van der Waals surface area contributed by atoms with Gasteiger partial charge in [0.25, 0.3) is 5.56 Å². The van der Waals surface area contributed by atoms with E-state index in [4.69, 9.17) is 4.74 Å². The minimum absolute atomic E-state index is 0.117. The summed E-state index contributed by atoms with van der Waals surface area (Å²) < 4.78 is 6.58. The smallest absolute Gasteiger partial charge is 0.342 e. The molecular formula is C21H22N4O3. The lowest BCUT2D eigenvalue weighted by molar-refractivity contribution is 0.0527. The zero-order valence-corrected chi connectivity index (χ0v) is 16.1. The molecule has 0 unspecified atom stereocenters. The van der Waals surface area contributed by atoms with Gasteiger partial charge >= 0.3 is 5.97 Å². The number of carbonyl (C=O) groups excluding carboxylic acids is 1. The molecule has 0 atom stereocenters. The van der Waals surface area contributed by atoms with Crippen LogP contribution in [0.1, 0.15) is 29.8 Å². The van der Waals surface area contributed by atoms with Crippen LogP contribution in [0.2, 0.25) is 0 Å². The van der Waals surface area contributed by atoms with Crippen LogP contribution in [0.5, 0.6) is 0 Å². The fourth-order valence-corrected chi connectivity index (χ4v) is 2.83. The molecule has 0 fully saturated rings. The van der Waals surface area contributed by atoms with Gasteiger partial charge in [0, 0.05) is 18.3 Å². The molecule has 0 bridgehead atoms. The summed E-state index contributed by atoms with van der Waals surface area (Å²) in [4.78, 5) is 30.0. The molecule has 0 saturated carbocycles. The van der Waals surface area contributed by atoms with Crippen LogP contribution in [0.25, 0.3) is 11.3 Å². The molecule has 1 aromatic carbocycles. The average Bonchev–Trinajstić information content (AvgIpc) is 2.71. The van der Waals surface area contributed by atoms with Crippen LogP contribution >= 0.6 is 0 Å². The van der Waals surface area contributed by atoms with Crippen molar-refractivity contribution in [3.63, 3.8) is 0 Å². The third-order valence-electron chi connectivity index (χ3n) is 4.28. The molecule has 1 N–H and O–H groups in total. The number of benzene rings is 1. The third-order valence-corrected chi connectivity index (χ3v) is 4.28. The maximum atomic E-state index is 13.0. The number of rotatable bonds is 6. The minimum atomic E-state index is -0.599. The van der Waals surface area contributed by atoms with Crippen LogP contribution in [0.4, 0.5) is 11.4 Å². The molecule has 0 radical (unpaired) electrons. The Morgan fingerprint density at radius 3 is 2.57 bits per heavy atom. The van der Waals surface area contributed by atoms with E-state index < -0.39 is 11.5 Å². The van der Waals surface area contributed by atoms with Gasteiger partial charge in [0.2, 0.25) is 0 Å². The molecule has 144 valence electrons. The van der Waals surface area contributed by atoms with E-state index in [2.05, 4.69) is 15.4 Å². The lowest BCUT2D eigenvalue weighted by Gasteiger charge is -2.17. The van der Waals surface area contributed by atoms with Crippen molar-refractivity contribution in [2.75, 3.05) is 11.9 Å². The topological polar surface area (TPSA) is 86.1 Å². The number of hydrogen-bond acceptors (Lipinski definition) is 6. The second kappa shape index (κ2) is 8.47. The Morgan fingerprint density at radius 2 is 1.93 bits per heavy atom. The van der Waals surface area contributed by atoms with Crippen molar-refractivity contribution >= 4 is 17.3 Å². The summed E-state index contributed by atoms with van der Waals surface area (Å²) in [7, 11) is 0. The molecule has 0 spiro atoms. The van der Waals surface area contributed by atoms with Gasteiger partial charge in [0.1, 0.15) is 16.9 Å². The molecule has 2 heterocycles. The standard InChI is InChI=1S/C21H22N4O3/c1-4-25-20(26)19(23-16-13-22-12-11-14(16)3)17(21(27)28-5-2)18(24-25)15-9-7-6-8-10-15/h6-13,23H,4-5H2,1-3H3. The molecule has 2 aromatic heterocycles. The summed E-state index contributed by atoms with van der Waals surface area (Å²) in [6.45, 7) is 5.99. The Hall–Kier alpha value is -3.48. The molecule has 0 saturated heterocycles. The summed E-state index contributed by atoms with van der Waals surface area (Å²) in [5.74, 6) is -0.599. The van der Waals surface area contributed by atoms with Crippen LogP contribution in [-0.2, 0) is 11.3 Å². The third kappa shape index (κ3) is 3.78. The largest absolute Gasteiger partial charge is 0.462 e. The Morgan fingerprint density at radius 1 is 1.18 bits per heavy atom. The van der Waals surface area contributed by atoms with Crippen molar-refractivity contribution < 1.29 is 9.53 Å². The predicted molar refractivity (Wildman–Crippen MR) is 108 cm³/mol. The fraction of sp³-hybridized carbons (Fsp3) is 0.238. The monoisotopic (exact) mass is 378 g/mol. The highest BCUT2D eigenvalue weighted by atomic mass is 16.5. The summed E-state index contributed by atoms with van der Waals surface area (Å²) in [5.41, 5.74) is 2.50. The summed E-state index contributed by atoms with van der Waals surface area (Å²) in [5, 5.41) is 7.53. The predicted octanol–water partition coefficient (Wildman–Crippen LogP) is 3.55. The number of carbonyl (C=O) groups is 1. The summed E-state index contributed by atoms with van der Waals surface area (Å²) in [6, 6.07) is 11.1. The number of anilines is 2. The fourth-order valence-electron chi connectivity index (χ4n) is 2.83. The van der Waals surface area contributed by atoms with Crippen LogP contribution in [0.3, 0.4) is 0 Å². The van der Waals surface area contributed by atoms with Crippen molar-refractivity contribution in [3.05, 3.63) is 70.3 Å². The maximum Gasteiger partial charge on any atom is 0.342 e. The highest BCUT2D eigenvalue weighted by Gasteiger charge is 2.25. The second-order valence-corrected chi connectivity index (χ2v) is 6.12. The van der Waals surface area contributed by atoms with E-state index in [1.165, 1.54) is 4.68 Å². The maximum absolute atomic E-state index is 13.0. The van der Waals surface area contributed by atoms with E-state index in [9.17, 15) is 9.59 Å². The molecule has 3 rings (SSSR count). The number of esters is 1. The van der Waals surface area contributed by atoms with Crippen LogP contribution in [-0.4, -0.2) is 27.3 Å². The first kappa shape index (κ1) is 19.3. The van der Waals surface area contributed by atoms with E-state index >= 15 is 0 Å². The molecule has 0 aliphatic carbocycles. The van der Waals surface area contributed by atoms with Gasteiger partial charge in [0.05, 0.1) is 18.5 Å². The van der Waals surface area contributed by atoms with Gasteiger partial charge in [-0.2, -0.15) is 5.10 Å². The first-order valence-electron chi connectivity index (χ1n) is 9.12. The van der Waals surface area contributed by atoms with Crippen LogP contribution < -0.4 is 10.9 Å². The van der Waals surface area contributed by atoms with E-state index in [0.717, 1.165) is 11.1 Å². The first-order chi connectivity index (χ1) is 13.6. The van der Waals surface area contributed by atoms with Crippen molar-refractivity contribution in [1.82, 2.24) is 14.8 Å². The first-order valence-corrected chi connectivity index (χ1v) is 9.12. The number of hydrogen-bond donors (Lipinski definition) is 1. The summed E-state index contributed by atoms with van der Waals surface area (Å²) in [6.07, 6.45) is 3.28. The zero-order valence-electron chi connectivity index (χ0n) is 16.1. The normalized spacial score (nSPS) is 10.5. The molecule has 28 heavy (non-hydrogen) atoms. The van der Waals surface area contributed by atoms with Gasteiger partial charge in [-0.3, -0.25) is 9.78 Å². The Balaban J connectivity index is 2.30. The highest BCUT2D eigenvalue weighted by molar-refractivity contribution is 6.02. The lowest BCUT2D eigenvalue weighted by atomic mass is 10.0. The van der Waals surface area contributed by atoms with Crippen molar-refractivity contribution in [1.29, 1.82) is 0 Å². The highest BCUT2D eigenvalue weighted by Crippen LogP contribution is 2.28. The van der Waals surface area contributed by atoms with Crippen LogP contribution in [0, 0.1) is 6.92 Å². The Kier molecular flexibility index (Phi) is 5.84. The van der Waals surface area contributed by atoms with E-state index in [1.54, 1.807) is 19.3 Å². The molecule has 3 aromatic rings. The molecule has 0 amide bonds. The van der Waals surface area contributed by atoms with Crippen molar-refractivity contribution in [2.45, 2.75) is 27.3 Å². The van der Waals surface area contributed by atoms with E-state index in [1.807, 2.05) is 50.2 Å². The number of ether oxygens (including phenoxy) is 1. The van der Waals surface area contributed by atoms with Gasteiger partial charge < -0.3 is 10.1 Å². The Bertz CT molecular complexity index is 1050. The molecule has 0 aliphatic rings. The number of aryl methyl sites for hydroxylation is 2. The second-order valence-electron chi connectivity index (χ2n) is 6.12. The number of nitrogens with zero attached hydrogens (tertiary/aromatic N) is 3. The Labute approximate surface area is 163 Å². The number of nitrogens with one attached hydrogen (secondary N) is 1. The van der Waals surface area contributed by atoms with E-state index in [-0.39, 0.29) is 17.9 Å². The molecule has 0 aliphatic heterocycles. The number of aromatic nitrogens is 3. The number of pyridine rings is 1. The minimum Gasteiger partial charge on any atom is -0.462 e. The average molecular weight is 378 g/mol.